The molecule has 1 aliphatic rings. The van der Waals surface area contributed by atoms with E-state index >= 15 is 0 Å². The second-order valence-electron chi connectivity index (χ2n) is 6.61. The Morgan fingerprint density at radius 3 is 2.78 bits per heavy atom. The first-order valence-electron chi connectivity index (χ1n) is 8.92. The number of hydrogen-bond donors (Lipinski definition) is 2. The van der Waals surface area contributed by atoms with Crippen LogP contribution < -0.4 is 5.32 Å². The van der Waals surface area contributed by atoms with Crippen LogP contribution in [0.3, 0.4) is 0 Å². The first kappa shape index (κ1) is 17.9. The van der Waals surface area contributed by atoms with E-state index in [1.165, 1.54) is 55.3 Å². The van der Waals surface area contributed by atoms with Crippen LogP contribution in [0.5, 0.6) is 0 Å². The van der Waals surface area contributed by atoms with Crippen LogP contribution in [0.15, 0.2) is 24.9 Å². The van der Waals surface area contributed by atoms with Gasteiger partial charge in [-0.25, -0.2) is 0 Å². The van der Waals surface area contributed by atoms with E-state index < -0.39 is 0 Å². The van der Waals surface area contributed by atoms with Gasteiger partial charge in [-0.2, -0.15) is 0 Å². The van der Waals surface area contributed by atoms with Gasteiger partial charge in [0.15, 0.2) is 0 Å². The van der Waals surface area contributed by atoms with Crippen molar-refractivity contribution in [3.05, 3.63) is 41.7 Å². The fourth-order valence-electron chi connectivity index (χ4n) is 4.01. The van der Waals surface area contributed by atoms with Gasteiger partial charge in [0, 0.05) is 17.5 Å². The fourth-order valence-corrected chi connectivity index (χ4v) is 4.01. The maximum Gasteiger partial charge on any atom is 0.128 e. The van der Waals surface area contributed by atoms with E-state index in [1.807, 2.05) is 13.1 Å². The average molecular weight is 316 g/mol. The Balaban J connectivity index is 2.37. The zero-order valence-corrected chi connectivity index (χ0v) is 15.0. The first-order valence-corrected chi connectivity index (χ1v) is 8.92. The highest BCUT2D eigenvalue weighted by molar-refractivity contribution is 5.67. The van der Waals surface area contributed by atoms with E-state index in [0.717, 1.165) is 18.2 Å². The van der Waals surface area contributed by atoms with Crippen molar-refractivity contribution in [2.45, 2.75) is 51.4 Å². The van der Waals surface area contributed by atoms with Gasteiger partial charge in [-0.3, -0.25) is 0 Å². The lowest BCUT2D eigenvalue weighted by Gasteiger charge is -2.31. The Bertz CT molecular complexity index is 524. The number of nitrogens with one attached hydrogen (secondary N) is 2. The summed E-state index contributed by atoms with van der Waals surface area (Å²) in [6.45, 7) is 7.01. The highest BCUT2D eigenvalue weighted by Crippen LogP contribution is 2.41. The monoisotopic (exact) mass is 316 g/mol. The third-order valence-corrected chi connectivity index (χ3v) is 5.17. The minimum absolute atomic E-state index is 0.589. The average Bonchev–Trinajstić information content (AvgIpc) is 2.95. The van der Waals surface area contributed by atoms with E-state index in [2.05, 4.69) is 30.0 Å². The zero-order chi connectivity index (χ0) is 16.7. The van der Waals surface area contributed by atoms with Gasteiger partial charge in [0.05, 0.1) is 7.11 Å². The summed E-state index contributed by atoms with van der Waals surface area (Å²) in [5.41, 5.74) is 3.83. The lowest BCUT2D eigenvalue weighted by atomic mass is 9.74. The minimum Gasteiger partial charge on any atom is -0.496 e. The molecule has 0 amide bonds. The Labute approximate surface area is 141 Å². The van der Waals surface area contributed by atoms with E-state index in [4.69, 9.17) is 4.74 Å². The van der Waals surface area contributed by atoms with Crippen molar-refractivity contribution in [1.82, 2.24) is 10.3 Å². The molecule has 0 aromatic carbocycles. The lowest BCUT2D eigenvalue weighted by molar-refractivity contribution is 0.292. The van der Waals surface area contributed by atoms with Gasteiger partial charge < -0.3 is 15.0 Å². The van der Waals surface area contributed by atoms with Crippen LogP contribution in [-0.4, -0.2) is 25.7 Å². The SMILES string of the molecule is C=C/C=C(/OC)c1c(C(CCNC)C2CCCCC2)c[nH]c1C. The largest absolute Gasteiger partial charge is 0.496 e. The Morgan fingerprint density at radius 1 is 1.43 bits per heavy atom. The Morgan fingerprint density at radius 2 is 2.17 bits per heavy atom. The second-order valence-corrected chi connectivity index (χ2v) is 6.61. The first-order chi connectivity index (χ1) is 11.2. The van der Waals surface area contributed by atoms with Gasteiger partial charge in [0.25, 0.3) is 0 Å². The molecule has 1 fully saturated rings. The summed E-state index contributed by atoms with van der Waals surface area (Å²) in [6, 6.07) is 0. The van der Waals surface area contributed by atoms with Crippen molar-refractivity contribution in [2.24, 2.45) is 5.92 Å². The Kier molecular flexibility index (Phi) is 6.97. The zero-order valence-electron chi connectivity index (χ0n) is 15.0. The number of allylic oxidation sites excluding steroid dienone is 2. The van der Waals surface area contributed by atoms with Gasteiger partial charge >= 0.3 is 0 Å². The molecule has 1 aromatic heterocycles. The maximum atomic E-state index is 5.65. The van der Waals surface area contributed by atoms with Crippen molar-refractivity contribution in [1.29, 1.82) is 0 Å². The van der Waals surface area contributed by atoms with Gasteiger partial charge in [0.2, 0.25) is 0 Å². The molecule has 3 heteroatoms. The predicted molar refractivity (Wildman–Crippen MR) is 98.6 cm³/mol. The summed E-state index contributed by atoms with van der Waals surface area (Å²) >= 11 is 0. The van der Waals surface area contributed by atoms with Crippen molar-refractivity contribution >= 4 is 5.76 Å². The second kappa shape index (κ2) is 8.97. The molecule has 2 N–H and O–H groups in total. The number of methoxy groups -OCH3 is 1. The molecule has 0 radical (unpaired) electrons. The van der Waals surface area contributed by atoms with Gasteiger partial charge in [-0.15, -0.1) is 0 Å². The molecule has 1 heterocycles. The van der Waals surface area contributed by atoms with Gasteiger partial charge in [0.1, 0.15) is 5.76 Å². The fraction of sp³-hybridized carbons (Fsp3) is 0.600. The summed E-state index contributed by atoms with van der Waals surface area (Å²) < 4.78 is 5.65. The number of aromatic amines is 1. The normalized spacial score (nSPS) is 18.0. The third-order valence-electron chi connectivity index (χ3n) is 5.17. The molecule has 1 saturated carbocycles. The van der Waals surface area contributed by atoms with E-state index in [0.29, 0.717) is 5.92 Å². The predicted octanol–water partition coefficient (Wildman–Crippen LogP) is 4.77. The standard InChI is InChI=1S/C20H32N2O/c1-5-9-19(23-4)20-15(2)22-14-18(20)17(12-13-21-3)16-10-7-6-8-11-16/h5,9,14,16-17,21-22H,1,6-8,10-13H2,2-4H3/b19-9+. The van der Waals surface area contributed by atoms with Crippen molar-refractivity contribution in [3.8, 4) is 0 Å². The molecule has 0 bridgehead atoms. The third kappa shape index (κ3) is 4.29. The van der Waals surface area contributed by atoms with Gasteiger partial charge in [-0.05, 0) is 63.3 Å². The molecular formula is C20H32N2O. The van der Waals surface area contributed by atoms with Crippen molar-refractivity contribution < 1.29 is 4.74 Å². The Hall–Kier alpha value is -1.48. The molecule has 1 unspecified atom stereocenters. The molecule has 1 aliphatic carbocycles. The van der Waals surface area contributed by atoms with E-state index in [-0.39, 0.29) is 0 Å². The molecular weight excluding hydrogens is 284 g/mol. The number of aryl methyl sites for hydroxylation is 1. The van der Waals surface area contributed by atoms with E-state index in [1.54, 1.807) is 13.2 Å². The molecule has 1 aromatic rings. The van der Waals surface area contributed by atoms with Gasteiger partial charge in [-0.1, -0.05) is 31.9 Å². The lowest BCUT2D eigenvalue weighted by Crippen LogP contribution is -2.21. The highest BCUT2D eigenvalue weighted by Gasteiger charge is 2.28. The van der Waals surface area contributed by atoms with Crippen LogP contribution in [-0.2, 0) is 4.74 Å². The number of hydrogen-bond acceptors (Lipinski definition) is 2. The molecule has 2 rings (SSSR count). The van der Waals surface area contributed by atoms with Crippen molar-refractivity contribution in [2.75, 3.05) is 20.7 Å². The number of ether oxygens (including phenoxy) is 1. The van der Waals surface area contributed by atoms with Crippen LogP contribution >= 0.6 is 0 Å². The molecule has 1 atom stereocenters. The topological polar surface area (TPSA) is 37.0 Å². The number of rotatable bonds is 8. The minimum atomic E-state index is 0.589. The van der Waals surface area contributed by atoms with Crippen LogP contribution in [0.4, 0.5) is 0 Å². The van der Waals surface area contributed by atoms with Crippen molar-refractivity contribution in [3.63, 3.8) is 0 Å². The van der Waals surface area contributed by atoms with E-state index in [9.17, 15) is 0 Å². The molecule has 0 spiro atoms. The highest BCUT2D eigenvalue weighted by atomic mass is 16.5. The summed E-state index contributed by atoms with van der Waals surface area (Å²) in [5.74, 6) is 2.29. The number of aromatic nitrogens is 1. The molecule has 128 valence electrons. The summed E-state index contributed by atoms with van der Waals surface area (Å²) in [5, 5.41) is 3.33. The maximum absolute atomic E-state index is 5.65. The summed E-state index contributed by atoms with van der Waals surface area (Å²) in [6.07, 6.45) is 14.0. The van der Waals surface area contributed by atoms with Crippen LogP contribution in [0, 0.1) is 12.8 Å². The summed E-state index contributed by atoms with van der Waals surface area (Å²) in [4.78, 5) is 3.43. The summed E-state index contributed by atoms with van der Waals surface area (Å²) in [7, 11) is 3.79. The van der Waals surface area contributed by atoms with Crippen LogP contribution in [0.2, 0.25) is 0 Å². The van der Waals surface area contributed by atoms with Crippen LogP contribution in [0.25, 0.3) is 5.76 Å². The molecule has 0 saturated heterocycles. The molecule has 23 heavy (non-hydrogen) atoms. The smallest absolute Gasteiger partial charge is 0.128 e. The molecule has 0 aliphatic heterocycles. The van der Waals surface area contributed by atoms with Crippen LogP contribution in [0.1, 0.15) is 61.3 Å². The molecule has 3 nitrogen and oxygen atoms in total. The number of H-pyrrole nitrogens is 1. The quantitative estimate of drug-likeness (QED) is 0.535.